The van der Waals surface area contributed by atoms with Gasteiger partial charge in [-0.1, -0.05) is 90.9 Å². The fraction of sp³-hybridized carbons (Fsp3) is 1.00. The van der Waals surface area contributed by atoms with Crippen LogP contribution in [0.2, 0.25) is 0 Å². The topological polar surface area (TPSA) is 182 Å². The van der Waals surface area contributed by atoms with Crippen molar-refractivity contribution in [2.75, 3.05) is 104 Å². The average Bonchev–Trinajstić information content (AvgIpc) is 3.15. The highest BCUT2D eigenvalue weighted by Crippen LogP contribution is 2.49. The van der Waals surface area contributed by atoms with E-state index in [9.17, 15) is 9.13 Å². The fourth-order valence-corrected chi connectivity index (χ4v) is 9.28. The van der Waals surface area contributed by atoms with Crippen LogP contribution in [0.5, 0.6) is 0 Å². The molecule has 0 bridgehead atoms. The molecule has 52 heavy (non-hydrogen) atoms. The molecule has 0 spiro atoms. The zero-order valence-corrected chi connectivity index (χ0v) is 35.8. The van der Waals surface area contributed by atoms with Crippen molar-refractivity contribution in [3.8, 4) is 0 Å². The van der Waals surface area contributed by atoms with E-state index in [-0.39, 0.29) is 0 Å². The van der Waals surface area contributed by atoms with E-state index in [2.05, 4.69) is 23.6 Å². The second-order valence-electron chi connectivity index (χ2n) is 14.2. The molecular formula is C38H86N6O6P2. The Bertz CT molecular complexity index is 768. The van der Waals surface area contributed by atoms with E-state index < -0.39 is 15.2 Å². The molecule has 314 valence electrons. The van der Waals surface area contributed by atoms with Crippen molar-refractivity contribution >= 4 is 15.2 Å². The number of nitrogens with zero attached hydrogens (tertiary/aromatic N) is 2. The molecule has 0 aromatic heterocycles. The molecule has 0 aromatic carbocycles. The van der Waals surface area contributed by atoms with Gasteiger partial charge in [-0.25, -0.2) is 0 Å². The molecule has 0 aliphatic carbocycles. The molecule has 12 nitrogen and oxygen atoms in total. The molecule has 14 heteroatoms. The van der Waals surface area contributed by atoms with Crippen LogP contribution < -0.4 is 22.9 Å². The van der Waals surface area contributed by atoms with Crippen LogP contribution in [0.3, 0.4) is 0 Å². The lowest BCUT2D eigenvalue weighted by Crippen LogP contribution is -2.31. The smallest absolute Gasteiger partial charge is 0.330 e. The van der Waals surface area contributed by atoms with Crippen LogP contribution >= 0.6 is 15.2 Å². The zero-order chi connectivity index (χ0) is 38.4. The zero-order valence-electron chi connectivity index (χ0n) is 34.0. The van der Waals surface area contributed by atoms with Crippen molar-refractivity contribution in [2.45, 2.75) is 142 Å². The highest BCUT2D eigenvalue weighted by molar-refractivity contribution is 7.54. The molecule has 8 N–H and O–H groups in total. The van der Waals surface area contributed by atoms with Gasteiger partial charge in [-0.2, -0.15) is 0 Å². The molecule has 0 aliphatic rings. The molecule has 0 saturated carbocycles. The van der Waals surface area contributed by atoms with Gasteiger partial charge >= 0.3 is 15.2 Å². The van der Waals surface area contributed by atoms with Crippen molar-refractivity contribution < 1.29 is 27.2 Å². The fourth-order valence-electron chi connectivity index (χ4n) is 5.93. The Morgan fingerprint density at radius 3 is 0.865 bits per heavy atom. The van der Waals surface area contributed by atoms with E-state index >= 15 is 0 Å². The van der Waals surface area contributed by atoms with Gasteiger partial charge in [0.05, 0.1) is 38.8 Å². The van der Waals surface area contributed by atoms with E-state index in [0.717, 1.165) is 129 Å². The summed E-state index contributed by atoms with van der Waals surface area (Å²) < 4.78 is 51.0. The van der Waals surface area contributed by atoms with E-state index in [1.807, 2.05) is 0 Å². The monoisotopic (exact) mass is 785 g/mol. The lowest BCUT2D eigenvalue weighted by atomic mass is 10.1. The van der Waals surface area contributed by atoms with Crippen molar-refractivity contribution in [2.24, 2.45) is 22.9 Å². The molecule has 0 heterocycles. The van der Waals surface area contributed by atoms with Crippen LogP contribution in [0.25, 0.3) is 0 Å². The first-order chi connectivity index (χ1) is 25.3. The average molecular weight is 785 g/mol. The maximum atomic E-state index is 13.6. The Morgan fingerprint density at radius 2 is 0.615 bits per heavy atom. The highest BCUT2D eigenvalue weighted by Gasteiger charge is 2.26. The summed E-state index contributed by atoms with van der Waals surface area (Å²) >= 11 is 0. The van der Waals surface area contributed by atoms with E-state index in [1.54, 1.807) is 0 Å². The number of nitrogens with two attached hydrogens (primary N) is 4. The van der Waals surface area contributed by atoms with Crippen molar-refractivity contribution in [1.82, 2.24) is 9.80 Å². The van der Waals surface area contributed by atoms with Crippen LogP contribution in [0, 0.1) is 0 Å². The molecule has 0 rings (SSSR count). The Morgan fingerprint density at radius 1 is 0.365 bits per heavy atom. The first kappa shape index (κ1) is 52.1. The Balaban J connectivity index is 4.34. The van der Waals surface area contributed by atoms with Gasteiger partial charge in [0.15, 0.2) is 0 Å². The van der Waals surface area contributed by atoms with Crippen LogP contribution in [0.4, 0.5) is 0 Å². The third kappa shape index (κ3) is 32.3. The minimum atomic E-state index is -3.14. The second kappa shape index (κ2) is 38.0. The van der Waals surface area contributed by atoms with Gasteiger partial charge in [0.1, 0.15) is 0 Å². The van der Waals surface area contributed by atoms with Crippen LogP contribution in [0.1, 0.15) is 142 Å². The molecule has 0 aromatic rings. The Labute approximate surface area is 321 Å². The third-order valence-corrected chi connectivity index (χ3v) is 13.1. The van der Waals surface area contributed by atoms with Gasteiger partial charge in [-0.15, -0.1) is 0 Å². The quantitative estimate of drug-likeness (QED) is 0.0350. The predicted octanol–water partition coefficient (Wildman–Crippen LogP) is 7.72. The molecule has 2 atom stereocenters. The summed E-state index contributed by atoms with van der Waals surface area (Å²) in [5.74, 6) is 0. The van der Waals surface area contributed by atoms with Gasteiger partial charge in [0.2, 0.25) is 0 Å². The predicted molar refractivity (Wildman–Crippen MR) is 222 cm³/mol. The minimum Gasteiger partial charge on any atom is -0.330 e. The third-order valence-electron chi connectivity index (χ3n) is 9.28. The highest BCUT2D eigenvalue weighted by atomic mass is 31.2. The Hall–Kier alpha value is 0.0600. The number of rotatable bonds is 43. The minimum absolute atomic E-state index is 0.413. The Kier molecular flexibility index (Phi) is 38.0. The summed E-state index contributed by atoms with van der Waals surface area (Å²) in [5.41, 5.74) is 22.9. The summed E-state index contributed by atoms with van der Waals surface area (Å²) in [6.07, 6.45) is 21.7. The summed E-state index contributed by atoms with van der Waals surface area (Å²) in [6.45, 7) is 13.7. The maximum Gasteiger partial charge on any atom is 0.331 e. The van der Waals surface area contributed by atoms with Gasteiger partial charge in [0, 0.05) is 13.1 Å². The standard InChI is InChI=1S/C38H86N6O6P2/c1-3-5-15-33-47-51(45,37-31-43(27-19-23-39)28-20-24-40)49-35-17-13-11-9-7-8-10-12-14-18-36-50-52(46,48-34-16-6-4-2)38-32-44(29-21-25-41)30-22-26-42/h3-42H2,1-2H3. The normalized spacial score (nSPS) is 14.4. The van der Waals surface area contributed by atoms with Crippen LogP contribution in [-0.2, 0) is 27.2 Å². The van der Waals surface area contributed by atoms with Gasteiger partial charge < -0.3 is 50.8 Å². The van der Waals surface area contributed by atoms with Crippen LogP contribution in [0.15, 0.2) is 0 Å². The SMILES string of the molecule is CCCCCOP(=O)(CCN(CCCN)CCCN)OCCCCCCCCCCCCOP(=O)(CCN(CCCN)CCCN)OCCCCC. The van der Waals surface area contributed by atoms with Gasteiger partial charge in [-0.3, -0.25) is 9.13 Å². The van der Waals surface area contributed by atoms with Crippen molar-refractivity contribution in [3.63, 3.8) is 0 Å². The summed E-state index contributed by atoms with van der Waals surface area (Å²) in [7, 11) is -6.28. The van der Waals surface area contributed by atoms with Crippen LogP contribution in [-0.4, -0.2) is 114 Å². The first-order valence-corrected chi connectivity index (χ1v) is 24.8. The maximum absolute atomic E-state index is 13.6. The molecular weight excluding hydrogens is 698 g/mol. The molecule has 0 radical (unpaired) electrons. The molecule has 0 fully saturated rings. The number of hydrogen-bond donors (Lipinski definition) is 4. The summed E-state index contributed by atoms with van der Waals surface area (Å²) in [4.78, 5) is 4.57. The lowest BCUT2D eigenvalue weighted by molar-refractivity contribution is 0.191. The number of unbranched alkanes of at least 4 members (excludes halogenated alkanes) is 13. The molecule has 2 unspecified atom stereocenters. The van der Waals surface area contributed by atoms with E-state index in [4.69, 9.17) is 41.0 Å². The lowest BCUT2D eigenvalue weighted by Gasteiger charge is -2.25. The summed E-state index contributed by atoms with van der Waals surface area (Å²) in [6, 6.07) is 0. The van der Waals surface area contributed by atoms with Crippen molar-refractivity contribution in [1.29, 1.82) is 0 Å². The largest absolute Gasteiger partial charge is 0.331 e. The van der Waals surface area contributed by atoms with E-state index in [0.29, 0.717) is 78.0 Å². The first-order valence-electron chi connectivity index (χ1n) is 21.3. The summed E-state index contributed by atoms with van der Waals surface area (Å²) in [5, 5.41) is 0. The molecule has 0 saturated heterocycles. The van der Waals surface area contributed by atoms with E-state index in [1.165, 1.54) is 25.7 Å². The van der Waals surface area contributed by atoms with Crippen molar-refractivity contribution in [3.05, 3.63) is 0 Å². The number of hydrogen-bond acceptors (Lipinski definition) is 12. The van der Waals surface area contributed by atoms with Gasteiger partial charge in [0.25, 0.3) is 0 Å². The molecule has 0 aliphatic heterocycles. The molecule has 0 amide bonds. The second-order valence-corrected chi connectivity index (χ2v) is 18.6. The van der Waals surface area contributed by atoms with Gasteiger partial charge in [-0.05, 0) is 104 Å².